The van der Waals surface area contributed by atoms with E-state index in [-0.39, 0.29) is 12.5 Å². The summed E-state index contributed by atoms with van der Waals surface area (Å²) in [6.07, 6.45) is -0.630. The molecule has 1 amide bonds. The van der Waals surface area contributed by atoms with Crippen LogP contribution in [0.2, 0.25) is 5.02 Å². The molecule has 1 heterocycles. The number of ether oxygens (including phenoxy) is 1. The number of nitrogens with zero attached hydrogens (tertiary/aromatic N) is 3. The van der Waals surface area contributed by atoms with Crippen molar-refractivity contribution in [3.63, 3.8) is 0 Å². The molecule has 140 valence electrons. The summed E-state index contributed by atoms with van der Waals surface area (Å²) < 4.78 is 11.0. The highest BCUT2D eigenvalue weighted by Gasteiger charge is 2.22. The third-order valence-corrected chi connectivity index (χ3v) is 4.32. The molecular formula is C20H20ClN3O3. The molecular weight excluding hydrogens is 366 g/mol. The normalized spacial score (nSPS) is 11.9. The molecule has 0 aliphatic rings. The molecule has 3 rings (SSSR count). The fourth-order valence-corrected chi connectivity index (χ4v) is 2.68. The van der Waals surface area contributed by atoms with Crippen LogP contribution in [0.5, 0.6) is 5.75 Å². The highest BCUT2D eigenvalue weighted by molar-refractivity contribution is 6.30. The number of carbonyl (C=O) groups excluding carboxylic acids is 1. The molecule has 3 aromatic rings. The topological polar surface area (TPSA) is 68.5 Å². The first-order valence-corrected chi connectivity index (χ1v) is 8.87. The second-order valence-corrected chi connectivity index (χ2v) is 6.67. The molecule has 1 aromatic heterocycles. The molecule has 0 saturated carbocycles. The first-order valence-electron chi connectivity index (χ1n) is 8.50. The molecule has 0 spiro atoms. The van der Waals surface area contributed by atoms with Crippen LogP contribution in [0.3, 0.4) is 0 Å². The van der Waals surface area contributed by atoms with Crippen LogP contribution in [0, 0.1) is 6.92 Å². The molecule has 0 saturated heterocycles. The van der Waals surface area contributed by atoms with Crippen LogP contribution in [0.25, 0.3) is 11.4 Å². The molecule has 0 N–H and O–H groups in total. The van der Waals surface area contributed by atoms with Gasteiger partial charge in [-0.15, -0.1) is 0 Å². The van der Waals surface area contributed by atoms with Gasteiger partial charge in [0.25, 0.3) is 5.91 Å². The van der Waals surface area contributed by atoms with E-state index in [9.17, 15) is 4.79 Å². The average Bonchev–Trinajstić information content (AvgIpc) is 3.12. The molecule has 1 unspecified atom stereocenters. The van der Waals surface area contributed by atoms with Crippen LogP contribution in [-0.4, -0.2) is 34.1 Å². The summed E-state index contributed by atoms with van der Waals surface area (Å²) in [5, 5.41) is 4.59. The van der Waals surface area contributed by atoms with E-state index in [1.807, 2.05) is 43.3 Å². The zero-order valence-corrected chi connectivity index (χ0v) is 16.1. The van der Waals surface area contributed by atoms with Gasteiger partial charge in [0.05, 0.1) is 6.54 Å². The van der Waals surface area contributed by atoms with Gasteiger partial charge in [-0.25, -0.2) is 0 Å². The summed E-state index contributed by atoms with van der Waals surface area (Å²) in [6, 6.07) is 14.7. The zero-order valence-electron chi connectivity index (χ0n) is 15.3. The second-order valence-electron chi connectivity index (χ2n) is 6.24. The van der Waals surface area contributed by atoms with Crippen LogP contribution in [0.4, 0.5) is 0 Å². The van der Waals surface area contributed by atoms with Gasteiger partial charge >= 0.3 is 0 Å². The Balaban J connectivity index is 1.63. The standard InChI is InChI=1S/C20H20ClN3O3/c1-13-6-4-5-7-17(13)26-14(2)20(25)24(3)12-18-22-19(23-27-18)15-8-10-16(21)11-9-15/h4-11,14H,12H2,1-3H3. The summed E-state index contributed by atoms with van der Waals surface area (Å²) >= 11 is 5.89. The third kappa shape index (κ3) is 4.65. The molecule has 0 radical (unpaired) electrons. The van der Waals surface area contributed by atoms with Crippen molar-refractivity contribution >= 4 is 17.5 Å². The Kier molecular flexibility index (Phi) is 5.76. The number of para-hydroxylation sites is 1. The summed E-state index contributed by atoms with van der Waals surface area (Å²) in [7, 11) is 1.67. The van der Waals surface area contributed by atoms with Crippen LogP contribution in [0.1, 0.15) is 18.4 Å². The second kappa shape index (κ2) is 8.22. The third-order valence-electron chi connectivity index (χ3n) is 4.06. The maximum absolute atomic E-state index is 12.6. The highest BCUT2D eigenvalue weighted by Crippen LogP contribution is 2.20. The largest absolute Gasteiger partial charge is 0.481 e. The molecule has 6 nitrogen and oxygen atoms in total. The molecule has 7 heteroatoms. The van der Waals surface area contributed by atoms with Crippen molar-refractivity contribution in [2.75, 3.05) is 7.05 Å². The highest BCUT2D eigenvalue weighted by atomic mass is 35.5. The first-order chi connectivity index (χ1) is 12.9. The Bertz CT molecular complexity index is 924. The molecule has 0 aliphatic heterocycles. The van der Waals surface area contributed by atoms with Gasteiger partial charge < -0.3 is 14.2 Å². The Labute approximate surface area is 162 Å². The minimum Gasteiger partial charge on any atom is -0.481 e. The van der Waals surface area contributed by atoms with Gasteiger partial charge in [-0.1, -0.05) is 35.0 Å². The van der Waals surface area contributed by atoms with Gasteiger partial charge in [0.1, 0.15) is 5.75 Å². The molecule has 0 fully saturated rings. The number of aryl methyl sites for hydroxylation is 1. The number of amides is 1. The lowest BCUT2D eigenvalue weighted by Gasteiger charge is -2.21. The van der Waals surface area contributed by atoms with E-state index in [0.717, 1.165) is 11.1 Å². The van der Waals surface area contributed by atoms with E-state index < -0.39 is 6.10 Å². The van der Waals surface area contributed by atoms with Gasteiger partial charge in [-0.3, -0.25) is 4.79 Å². The Hall–Kier alpha value is -2.86. The lowest BCUT2D eigenvalue weighted by atomic mass is 10.2. The molecule has 0 aliphatic carbocycles. The summed E-state index contributed by atoms with van der Waals surface area (Å²) in [5.74, 6) is 1.31. The Morgan fingerprint density at radius 2 is 1.93 bits per heavy atom. The SMILES string of the molecule is Cc1ccccc1OC(C)C(=O)N(C)Cc1nc(-c2ccc(Cl)cc2)no1. The van der Waals surface area contributed by atoms with Gasteiger partial charge in [-0.05, 0) is 49.7 Å². The van der Waals surface area contributed by atoms with Crippen molar-refractivity contribution in [2.24, 2.45) is 0 Å². The fourth-order valence-electron chi connectivity index (χ4n) is 2.56. The molecule has 2 aromatic carbocycles. The zero-order chi connectivity index (χ0) is 19.4. The molecule has 1 atom stereocenters. The van der Waals surface area contributed by atoms with Crippen molar-refractivity contribution in [3.8, 4) is 17.1 Å². The maximum atomic E-state index is 12.6. The number of likely N-dealkylation sites (N-methyl/N-ethyl adjacent to an activating group) is 1. The fraction of sp³-hybridized carbons (Fsp3) is 0.250. The Morgan fingerprint density at radius 1 is 1.22 bits per heavy atom. The van der Waals surface area contributed by atoms with E-state index in [1.54, 1.807) is 26.1 Å². The minimum absolute atomic E-state index is 0.176. The molecule has 0 bridgehead atoms. The van der Waals surface area contributed by atoms with Crippen LogP contribution in [-0.2, 0) is 11.3 Å². The van der Waals surface area contributed by atoms with Crippen molar-refractivity contribution in [1.82, 2.24) is 15.0 Å². The number of carbonyl (C=O) groups is 1. The number of halogens is 1. The monoisotopic (exact) mass is 385 g/mol. The summed E-state index contributed by atoms with van der Waals surface area (Å²) in [6.45, 7) is 3.85. The van der Waals surface area contributed by atoms with E-state index >= 15 is 0 Å². The number of aromatic nitrogens is 2. The summed E-state index contributed by atoms with van der Waals surface area (Å²) in [4.78, 5) is 18.4. The van der Waals surface area contributed by atoms with E-state index in [4.69, 9.17) is 20.9 Å². The van der Waals surface area contributed by atoms with Gasteiger partial charge in [0, 0.05) is 17.6 Å². The number of hydrogen-bond acceptors (Lipinski definition) is 5. The lowest BCUT2D eigenvalue weighted by Crippen LogP contribution is -2.37. The van der Waals surface area contributed by atoms with Crippen molar-refractivity contribution in [1.29, 1.82) is 0 Å². The smallest absolute Gasteiger partial charge is 0.263 e. The Morgan fingerprint density at radius 3 is 2.63 bits per heavy atom. The number of hydrogen-bond donors (Lipinski definition) is 0. The van der Waals surface area contributed by atoms with E-state index in [1.165, 1.54) is 4.90 Å². The first kappa shape index (κ1) is 18.9. The quantitative estimate of drug-likeness (QED) is 0.638. The predicted molar refractivity (Wildman–Crippen MR) is 102 cm³/mol. The van der Waals surface area contributed by atoms with Gasteiger partial charge in [-0.2, -0.15) is 4.98 Å². The van der Waals surface area contributed by atoms with Crippen LogP contribution in [0.15, 0.2) is 53.1 Å². The molecule has 27 heavy (non-hydrogen) atoms. The minimum atomic E-state index is -0.630. The van der Waals surface area contributed by atoms with Gasteiger partial charge in [0.15, 0.2) is 6.10 Å². The van der Waals surface area contributed by atoms with Crippen molar-refractivity contribution in [2.45, 2.75) is 26.5 Å². The van der Waals surface area contributed by atoms with Crippen molar-refractivity contribution < 1.29 is 14.1 Å². The number of benzene rings is 2. The predicted octanol–water partition coefficient (Wildman–Crippen LogP) is 4.12. The number of rotatable bonds is 6. The van der Waals surface area contributed by atoms with E-state index in [0.29, 0.717) is 22.5 Å². The lowest BCUT2D eigenvalue weighted by molar-refractivity contribution is -0.137. The van der Waals surface area contributed by atoms with Gasteiger partial charge in [0.2, 0.25) is 11.7 Å². The van der Waals surface area contributed by atoms with Crippen LogP contribution < -0.4 is 4.74 Å². The summed E-state index contributed by atoms with van der Waals surface area (Å²) in [5.41, 5.74) is 1.77. The van der Waals surface area contributed by atoms with Crippen molar-refractivity contribution in [3.05, 3.63) is 65.0 Å². The van der Waals surface area contributed by atoms with E-state index in [2.05, 4.69) is 10.1 Å². The maximum Gasteiger partial charge on any atom is 0.263 e. The average molecular weight is 386 g/mol. The van der Waals surface area contributed by atoms with Crippen LogP contribution >= 0.6 is 11.6 Å².